The van der Waals surface area contributed by atoms with Gasteiger partial charge < -0.3 is 21.0 Å². The van der Waals surface area contributed by atoms with Crippen molar-refractivity contribution in [1.82, 2.24) is 15.2 Å². The zero-order chi connectivity index (χ0) is 27.7. The molecule has 11 nitrogen and oxygen atoms in total. The van der Waals surface area contributed by atoms with E-state index in [2.05, 4.69) is 20.3 Å². The minimum absolute atomic E-state index is 0.0689. The number of fused-ring (bicyclic) bond motifs is 2. The lowest BCUT2D eigenvalue weighted by Gasteiger charge is -2.49. The smallest absolute Gasteiger partial charge is 0.407 e. The molecule has 5 heterocycles. The largest absolute Gasteiger partial charge is 0.477 e. The summed E-state index contributed by atoms with van der Waals surface area (Å²) in [4.78, 5) is 48.4. The number of allylic oxidation sites excluding steroid dienone is 2. The highest BCUT2D eigenvalue weighted by Crippen LogP contribution is 2.39. The molecule has 3 aromatic heterocycles. The van der Waals surface area contributed by atoms with E-state index in [9.17, 15) is 28.3 Å². The number of thiophene rings is 1. The van der Waals surface area contributed by atoms with E-state index >= 15 is 0 Å². The average molecular weight is 594 g/mol. The van der Waals surface area contributed by atoms with Crippen molar-refractivity contribution in [2.75, 3.05) is 11.5 Å². The highest BCUT2D eigenvalue weighted by atomic mass is 32.2. The van der Waals surface area contributed by atoms with Gasteiger partial charge in [-0.3, -0.25) is 14.5 Å². The number of amides is 2. The van der Waals surface area contributed by atoms with Gasteiger partial charge in [-0.25, -0.2) is 9.78 Å². The number of halogens is 2. The van der Waals surface area contributed by atoms with Gasteiger partial charge in [-0.1, -0.05) is 16.5 Å². The first-order valence-corrected chi connectivity index (χ1v) is 14.0. The van der Waals surface area contributed by atoms with Crippen LogP contribution in [0.3, 0.4) is 0 Å². The standard InChI is InChI=1S/C23H18F2N6O5S3/c24-22(25)36-29-15(12-9-39-23(26)27-12)18(32)28-16-13-10-38-14(17(21(34)35)31(13)19(16)33)4-2-7-30-6-1-3-11-5-8-37-20(11)30/h1-6,8-9,13,16,22H,7,10H2,(H3-,26,27,28,32,34,35)/p+1/t13-,16+/m1/s1. The number of nitrogens with zero attached hydrogens (tertiary/aromatic N) is 4. The molecule has 0 unspecified atom stereocenters. The number of carboxylic acid groups (broad SMARTS) is 1. The summed E-state index contributed by atoms with van der Waals surface area (Å²) in [5.74, 6) is -2.63. The van der Waals surface area contributed by atoms with Gasteiger partial charge in [-0.05, 0) is 29.7 Å². The van der Waals surface area contributed by atoms with Crippen LogP contribution in [-0.2, 0) is 25.8 Å². The summed E-state index contributed by atoms with van der Waals surface area (Å²) in [5, 5.41) is 20.0. The molecule has 0 spiro atoms. The van der Waals surface area contributed by atoms with Crippen molar-refractivity contribution < 1.29 is 37.7 Å². The highest BCUT2D eigenvalue weighted by molar-refractivity contribution is 8.03. The molecule has 2 aliphatic rings. The third-order valence-corrected chi connectivity index (χ3v) is 8.63. The van der Waals surface area contributed by atoms with Crippen LogP contribution in [0.5, 0.6) is 0 Å². The van der Waals surface area contributed by atoms with E-state index in [-0.39, 0.29) is 16.5 Å². The predicted molar refractivity (Wildman–Crippen MR) is 141 cm³/mol. The fraction of sp³-hybridized carbons (Fsp3) is 0.217. The Hall–Kier alpha value is -3.89. The summed E-state index contributed by atoms with van der Waals surface area (Å²) < 4.78 is 27.2. The number of nitrogens with one attached hydrogen (secondary N) is 1. The number of thioether (sulfide) groups is 1. The molecule has 1 saturated heterocycles. The maximum atomic E-state index is 13.0. The molecule has 0 saturated carbocycles. The number of hydrogen-bond donors (Lipinski definition) is 3. The van der Waals surface area contributed by atoms with Crippen LogP contribution in [-0.4, -0.2) is 62.9 Å². The SMILES string of the molecule is Nc1nc(C(=NOC(F)F)C(=O)N[C@@H]2C(=O)N3C(C(=O)O)=C(C=CC[n+]4cccc5ccsc54)SC[C@H]23)cs1. The summed E-state index contributed by atoms with van der Waals surface area (Å²) in [6.07, 6.45) is 5.41. The molecule has 16 heteroatoms. The molecule has 202 valence electrons. The minimum atomic E-state index is -3.29. The average Bonchev–Trinajstić information content (AvgIpc) is 3.56. The van der Waals surface area contributed by atoms with Crippen LogP contribution in [0.2, 0.25) is 0 Å². The number of carboxylic acids is 1. The molecule has 0 aliphatic carbocycles. The summed E-state index contributed by atoms with van der Waals surface area (Å²) >= 11 is 3.79. The van der Waals surface area contributed by atoms with Crippen molar-refractivity contribution in [2.24, 2.45) is 5.16 Å². The van der Waals surface area contributed by atoms with Crippen molar-refractivity contribution >= 4 is 73.3 Å². The third-order valence-electron chi connectivity index (χ3n) is 5.84. The zero-order valence-corrected chi connectivity index (χ0v) is 22.1. The van der Waals surface area contributed by atoms with Gasteiger partial charge in [-0.15, -0.1) is 23.1 Å². The van der Waals surface area contributed by atoms with Crippen LogP contribution >= 0.6 is 34.4 Å². The predicted octanol–water partition coefficient (Wildman–Crippen LogP) is 2.17. The Bertz CT molecular complexity index is 1550. The Morgan fingerprint density at radius 2 is 2.21 bits per heavy atom. The molecular weight excluding hydrogens is 574 g/mol. The Morgan fingerprint density at radius 3 is 2.92 bits per heavy atom. The summed E-state index contributed by atoms with van der Waals surface area (Å²) in [6.45, 7) is -2.79. The molecule has 2 aliphatic heterocycles. The summed E-state index contributed by atoms with van der Waals surface area (Å²) in [6, 6.07) is 4.19. The van der Waals surface area contributed by atoms with Crippen molar-refractivity contribution in [3.63, 3.8) is 0 Å². The number of aliphatic carboxylic acids is 1. The van der Waals surface area contributed by atoms with Crippen LogP contribution in [0, 0.1) is 0 Å². The van der Waals surface area contributed by atoms with Crippen LogP contribution in [0.4, 0.5) is 13.9 Å². The van der Waals surface area contributed by atoms with Crippen LogP contribution in [0.1, 0.15) is 5.69 Å². The zero-order valence-electron chi connectivity index (χ0n) is 19.7. The molecule has 1 fully saturated rings. The Morgan fingerprint density at radius 1 is 1.38 bits per heavy atom. The molecule has 39 heavy (non-hydrogen) atoms. The van der Waals surface area contributed by atoms with E-state index in [1.165, 1.54) is 17.1 Å². The second kappa shape index (κ2) is 11.1. The Balaban J connectivity index is 1.32. The van der Waals surface area contributed by atoms with Gasteiger partial charge in [0.15, 0.2) is 23.6 Å². The monoisotopic (exact) mass is 593 g/mol. The van der Waals surface area contributed by atoms with Gasteiger partial charge in [0.05, 0.1) is 11.4 Å². The lowest BCUT2D eigenvalue weighted by atomic mass is 9.94. The number of anilines is 1. The van der Waals surface area contributed by atoms with Gasteiger partial charge in [0.1, 0.15) is 17.4 Å². The van der Waals surface area contributed by atoms with Gasteiger partial charge in [0, 0.05) is 22.1 Å². The molecule has 4 N–H and O–H groups in total. The molecule has 5 rings (SSSR count). The van der Waals surface area contributed by atoms with Crippen molar-refractivity contribution in [3.05, 3.63) is 63.6 Å². The fourth-order valence-corrected chi connectivity index (χ4v) is 6.80. The maximum absolute atomic E-state index is 13.0. The molecule has 0 bridgehead atoms. The normalized spacial score (nSPS) is 19.5. The maximum Gasteiger partial charge on any atom is 0.407 e. The Labute approximate surface area is 231 Å². The molecule has 3 aromatic rings. The number of pyridine rings is 1. The third kappa shape index (κ3) is 5.35. The molecule has 0 radical (unpaired) electrons. The quantitative estimate of drug-likeness (QED) is 0.148. The second-order valence-electron chi connectivity index (χ2n) is 8.18. The first-order chi connectivity index (χ1) is 18.7. The number of carbonyl (C=O) groups excluding carboxylic acids is 2. The van der Waals surface area contributed by atoms with E-state index < -0.39 is 42.2 Å². The lowest BCUT2D eigenvalue weighted by Crippen LogP contribution is -2.73. The first kappa shape index (κ1) is 26.7. The number of alkyl halides is 2. The summed E-state index contributed by atoms with van der Waals surface area (Å²) in [7, 11) is 0. The van der Waals surface area contributed by atoms with E-state index in [0.29, 0.717) is 17.2 Å². The van der Waals surface area contributed by atoms with Gasteiger partial charge in [0.25, 0.3) is 16.6 Å². The number of β-lactam (4-membered cyclic amide) rings is 1. The number of carbonyl (C=O) groups is 3. The van der Waals surface area contributed by atoms with Crippen LogP contribution in [0.25, 0.3) is 10.2 Å². The summed E-state index contributed by atoms with van der Waals surface area (Å²) in [5.41, 5.74) is 4.68. The highest BCUT2D eigenvalue weighted by Gasteiger charge is 2.54. The van der Waals surface area contributed by atoms with E-state index in [1.807, 2.05) is 40.4 Å². The number of rotatable bonds is 9. The fourth-order valence-electron chi connectivity index (χ4n) is 4.16. The van der Waals surface area contributed by atoms with E-state index in [4.69, 9.17) is 5.73 Å². The number of thiazole rings is 1. The first-order valence-electron chi connectivity index (χ1n) is 11.2. The minimum Gasteiger partial charge on any atom is -0.477 e. The van der Waals surface area contributed by atoms with Gasteiger partial charge in [0.2, 0.25) is 0 Å². The van der Waals surface area contributed by atoms with E-state index in [1.54, 1.807) is 17.4 Å². The number of oxime groups is 1. The van der Waals surface area contributed by atoms with Crippen LogP contribution < -0.4 is 15.6 Å². The van der Waals surface area contributed by atoms with Gasteiger partial charge in [-0.2, -0.15) is 13.3 Å². The topological polar surface area (TPSA) is 151 Å². The van der Waals surface area contributed by atoms with Crippen molar-refractivity contribution in [2.45, 2.75) is 25.2 Å². The van der Waals surface area contributed by atoms with Crippen molar-refractivity contribution in [1.29, 1.82) is 0 Å². The number of aromatic nitrogens is 2. The second-order valence-corrected chi connectivity index (χ2v) is 11.0. The van der Waals surface area contributed by atoms with E-state index in [0.717, 1.165) is 26.5 Å². The van der Waals surface area contributed by atoms with Gasteiger partial charge >= 0.3 is 12.6 Å². The van der Waals surface area contributed by atoms with Crippen molar-refractivity contribution in [3.8, 4) is 0 Å². The number of hydrogen-bond acceptors (Lipinski definition) is 10. The molecule has 2 atom stereocenters. The molecule has 0 aromatic carbocycles. The molecular formula is C23H19F2N6O5S3+. The van der Waals surface area contributed by atoms with Crippen LogP contribution in [0.15, 0.2) is 63.1 Å². The Kier molecular flexibility index (Phi) is 7.58. The lowest BCUT2D eigenvalue weighted by molar-refractivity contribution is -0.658. The number of nitrogens with two attached hydrogens (primary N) is 1. The molecule has 2 amide bonds. The number of nitrogen functional groups attached to an aromatic ring is 1.